The Morgan fingerprint density at radius 3 is 2.67 bits per heavy atom. The summed E-state index contributed by atoms with van der Waals surface area (Å²) in [6.45, 7) is 3.24. The summed E-state index contributed by atoms with van der Waals surface area (Å²) >= 11 is 3.54. The highest BCUT2D eigenvalue weighted by Crippen LogP contribution is 2.23. The lowest BCUT2D eigenvalue weighted by molar-refractivity contribution is 0.675. The molecule has 0 saturated heterocycles. The molecule has 0 aliphatic rings. The third-order valence-corrected chi connectivity index (χ3v) is 2.67. The lowest BCUT2D eigenvalue weighted by Crippen LogP contribution is -2.14. The highest BCUT2D eigenvalue weighted by molar-refractivity contribution is 9.10. The maximum absolute atomic E-state index is 3.54. The molecule has 66 valence electrons. The maximum Gasteiger partial charge on any atom is 0.0210 e. The summed E-state index contributed by atoms with van der Waals surface area (Å²) in [6, 6.07) is 8.36. The van der Waals surface area contributed by atoms with Gasteiger partial charge in [0.2, 0.25) is 0 Å². The van der Waals surface area contributed by atoms with Crippen LogP contribution < -0.4 is 5.32 Å². The van der Waals surface area contributed by atoms with Crippen molar-refractivity contribution in [3.05, 3.63) is 34.3 Å². The Kier molecular flexibility index (Phi) is 3.76. The van der Waals surface area contributed by atoms with Gasteiger partial charge in [0.05, 0.1) is 0 Å². The molecule has 2 heteroatoms. The molecule has 1 nitrogen and oxygen atoms in total. The Morgan fingerprint density at radius 2 is 2.08 bits per heavy atom. The van der Waals surface area contributed by atoms with Crippen LogP contribution in [0.1, 0.15) is 18.4 Å². The van der Waals surface area contributed by atoms with E-state index in [0.29, 0.717) is 5.92 Å². The molecule has 0 saturated carbocycles. The van der Waals surface area contributed by atoms with Gasteiger partial charge >= 0.3 is 0 Å². The van der Waals surface area contributed by atoms with Crippen LogP contribution in [0.15, 0.2) is 28.7 Å². The van der Waals surface area contributed by atoms with Gasteiger partial charge in [0.15, 0.2) is 0 Å². The van der Waals surface area contributed by atoms with Gasteiger partial charge in [-0.1, -0.05) is 41.1 Å². The summed E-state index contributed by atoms with van der Waals surface area (Å²) < 4.78 is 1.20. The minimum absolute atomic E-state index is 0.561. The molecule has 0 aliphatic carbocycles. The lowest BCUT2D eigenvalue weighted by atomic mass is 10.0. The van der Waals surface area contributed by atoms with E-state index in [1.807, 2.05) is 13.1 Å². The summed E-state index contributed by atoms with van der Waals surface area (Å²) in [5.74, 6) is 0.561. The Labute approximate surface area is 82.3 Å². The summed E-state index contributed by atoms with van der Waals surface area (Å²) in [6.07, 6.45) is 0. The maximum atomic E-state index is 3.54. The van der Waals surface area contributed by atoms with Gasteiger partial charge in [0, 0.05) is 11.0 Å². The molecule has 12 heavy (non-hydrogen) atoms. The van der Waals surface area contributed by atoms with Gasteiger partial charge in [-0.3, -0.25) is 0 Å². The van der Waals surface area contributed by atoms with Gasteiger partial charge in [-0.25, -0.2) is 0 Å². The Bertz CT molecular complexity index is 247. The molecule has 1 unspecified atom stereocenters. The fourth-order valence-electron chi connectivity index (χ4n) is 1.29. The average Bonchev–Trinajstić information content (AvgIpc) is 2.05. The van der Waals surface area contributed by atoms with Crippen molar-refractivity contribution in [3.8, 4) is 0 Å². The molecule has 1 rings (SSSR count). The van der Waals surface area contributed by atoms with Crippen LogP contribution in [-0.4, -0.2) is 13.6 Å². The van der Waals surface area contributed by atoms with Crippen LogP contribution in [-0.2, 0) is 0 Å². The predicted octanol–water partition coefficient (Wildman–Crippen LogP) is 2.77. The summed E-state index contributed by atoms with van der Waals surface area (Å²) in [7, 11) is 1.98. The minimum Gasteiger partial charge on any atom is -0.319 e. The molecule has 1 N–H and O–H groups in total. The van der Waals surface area contributed by atoms with Crippen LogP contribution in [0.25, 0.3) is 0 Å². The highest BCUT2D eigenvalue weighted by atomic mass is 79.9. The molecule has 0 amide bonds. The molecular weight excluding hydrogens is 214 g/mol. The van der Waals surface area contributed by atoms with E-state index >= 15 is 0 Å². The standard InChI is InChI=1S/C10H14BrN/c1-8(7-12-2)9-5-3-4-6-10(9)11/h3-6,8,12H,7H2,1-2H3. The van der Waals surface area contributed by atoms with Crippen molar-refractivity contribution >= 4 is 15.9 Å². The van der Waals surface area contributed by atoms with E-state index in [-0.39, 0.29) is 0 Å². The van der Waals surface area contributed by atoms with E-state index in [0.717, 1.165) is 6.54 Å². The van der Waals surface area contributed by atoms with Gasteiger partial charge in [0.25, 0.3) is 0 Å². The minimum atomic E-state index is 0.561. The topological polar surface area (TPSA) is 12.0 Å². The number of benzene rings is 1. The molecular formula is C10H14BrN. The molecule has 0 fully saturated rings. The average molecular weight is 228 g/mol. The first-order valence-electron chi connectivity index (χ1n) is 4.14. The second-order valence-electron chi connectivity index (χ2n) is 2.98. The van der Waals surface area contributed by atoms with E-state index < -0.39 is 0 Å². The van der Waals surface area contributed by atoms with Crippen LogP contribution in [0, 0.1) is 0 Å². The number of halogens is 1. The zero-order valence-electron chi connectivity index (χ0n) is 7.47. The fraction of sp³-hybridized carbons (Fsp3) is 0.400. The largest absolute Gasteiger partial charge is 0.319 e. The molecule has 0 spiro atoms. The summed E-state index contributed by atoms with van der Waals surface area (Å²) in [5, 5.41) is 3.17. The molecule has 1 aromatic carbocycles. The second kappa shape index (κ2) is 4.63. The monoisotopic (exact) mass is 227 g/mol. The zero-order valence-corrected chi connectivity index (χ0v) is 9.06. The number of hydrogen-bond acceptors (Lipinski definition) is 1. The van der Waals surface area contributed by atoms with E-state index in [2.05, 4.69) is 46.4 Å². The second-order valence-corrected chi connectivity index (χ2v) is 3.83. The van der Waals surface area contributed by atoms with Crippen molar-refractivity contribution in [2.75, 3.05) is 13.6 Å². The highest BCUT2D eigenvalue weighted by Gasteiger charge is 2.06. The Hall–Kier alpha value is -0.340. The van der Waals surface area contributed by atoms with E-state index in [9.17, 15) is 0 Å². The van der Waals surface area contributed by atoms with Crippen molar-refractivity contribution in [2.45, 2.75) is 12.8 Å². The first-order chi connectivity index (χ1) is 5.75. The first-order valence-corrected chi connectivity index (χ1v) is 4.94. The van der Waals surface area contributed by atoms with Crippen LogP contribution in [0.3, 0.4) is 0 Å². The van der Waals surface area contributed by atoms with Crippen molar-refractivity contribution in [2.24, 2.45) is 0 Å². The lowest BCUT2D eigenvalue weighted by Gasteiger charge is -2.12. The van der Waals surface area contributed by atoms with E-state index in [1.165, 1.54) is 10.0 Å². The van der Waals surface area contributed by atoms with Crippen LogP contribution in [0.4, 0.5) is 0 Å². The molecule has 0 heterocycles. The van der Waals surface area contributed by atoms with Gasteiger partial charge in [-0.05, 0) is 24.6 Å². The van der Waals surface area contributed by atoms with Crippen molar-refractivity contribution in [3.63, 3.8) is 0 Å². The Morgan fingerprint density at radius 1 is 1.42 bits per heavy atom. The van der Waals surface area contributed by atoms with E-state index in [4.69, 9.17) is 0 Å². The van der Waals surface area contributed by atoms with Gasteiger partial charge in [-0.2, -0.15) is 0 Å². The molecule has 0 bridgehead atoms. The fourth-order valence-corrected chi connectivity index (χ4v) is 1.97. The molecule has 1 aromatic rings. The SMILES string of the molecule is CNCC(C)c1ccccc1Br. The normalized spacial score (nSPS) is 12.9. The number of hydrogen-bond donors (Lipinski definition) is 1. The first kappa shape index (κ1) is 9.75. The van der Waals surface area contributed by atoms with Crippen molar-refractivity contribution < 1.29 is 0 Å². The molecule has 1 atom stereocenters. The quantitative estimate of drug-likeness (QED) is 0.838. The smallest absolute Gasteiger partial charge is 0.0210 e. The predicted molar refractivity (Wildman–Crippen MR) is 56.5 cm³/mol. The van der Waals surface area contributed by atoms with Crippen molar-refractivity contribution in [1.29, 1.82) is 0 Å². The van der Waals surface area contributed by atoms with Gasteiger partial charge < -0.3 is 5.32 Å². The van der Waals surface area contributed by atoms with Crippen molar-refractivity contribution in [1.82, 2.24) is 5.32 Å². The van der Waals surface area contributed by atoms with Crippen LogP contribution in [0.5, 0.6) is 0 Å². The summed E-state index contributed by atoms with van der Waals surface area (Å²) in [4.78, 5) is 0. The number of nitrogens with one attached hydrogen (secondary N) is 1. The third-order valence-electron chi connectivity index (χ3n) is 1.95. The number of likely N-dealkylation sites (N-methyl/N-ethyl adjacent to an activating group) is 1. The number of rotatable bonds is 3. The van der Waals surface area contributed by atoms with Gasteiger partial charge in [0.1, 0.15) is 0 Å². The van der Waals surface area contributed by atoms with E-state index in [1.54, 1.807) is 0 Å². The third kappa shape index (κ3) is 2.32. The van der Waals surface area contributed by atoms with Gasteiger partial charge in [-0.15, -0.1) is 0 Å². The Balaban J connectivity index is 2.79. The molecule has 0 aliphatic heterocycles. The zero-order chi connectivity index (χ0) is 8.97. The molecule has 0 radical (unpaired) electrons. The van der Waals surface area contributed by atoms with Crippen LogP contribution >= 0.6 is 15.9 Å². The summed E-state index contributed by atoms with van der Waals surface area (Å²) in [5.41, 5.74) is 1.37. The van der Waals surface area contributed by atoms with Crippen LogP contribution in [0.2, 0.25) is 0 Å². The molecule has 0 aromatic heterocycles.